The van der Waals surface area contributed by atoms with Crippen molar-refractivity contribution in [2.75, 3.05) is 0 Å². The molecule has 108 valence electrons. The van der Waals surface area contributed by atoms with Crippen molar-refractivity contribution < 1.29 is 12.9 Å². The van der Waals surface area contributed by atoms with E-state index in [1.165, 1.54) is 12.1 Å². The fourth-order valence-electron chi connectivity index (χ4n) is 1.53. The van der Waals surface area contributed by atoms with Gasteiger partial charge in [0.1, 0.15) is 4.90 Å². The largest absolute Gasteiger partial charge is 0.338 e. The van der Waals surface area contributed by atoms with Crippen LogP contribution in [0.1, 0.15) is 17.3 Å². The SMILES string of the molecule is Cc1noc(CNS(=O)(=O)c2cc(CN)ccc2Cl)n1. The van der Waals surface area contributed by atoms with Crippen LogP contribution in [0.3, 0.4) is 0 Å². The van der Waals surface area contributed by atoms with E-state index in [9.17, 15) is 8.42 Å². The lowest BCUT2D eigenvalue weighted by molar-refractivity contribution is 0.372. The van der Waals surface area contributed by atoms with Crippen LogP contribution in [-0.2, 0) is 23.1 Å². The third-order valence-corrected chi connectivity index (χ3v) is 4.39. The Morgan fingerprint density at radius 3 is 2.80 bits per heavy atom. The molecule has 0 fully saturated rings. The van der Waals surface area contributed by atoms with Gasteiger partial charge in [-0.15, -0.1) is 0 Å². The van der Waals surface area contributed by atoms with E-state index >= 15 is 0 Å². The van der Waals surface area contributed by atoms with Crippen molar-refractivity contribution in [3.8, 4) is 0 Å². The van der Waals surface area contributed by atoms with Gasteiger partial charge >= 0.3 is 0 Å². The van der Waals surface area contributed by atoms with E-state index in [2.05, 4.69) is 14.9 Å². The van der Waals surface area contributed by atoms with E-state index in [1.54, 1.807) is 13.0 Å². The normalized spacial score (nSPS) is 11.8. The number of halogens is 1. The van der Waals surface area contributed by atoms with Gasteiger partial charge in [0.05, 0.1) is 11.6 Å². The van der Waals surface area contributed by atoms with Crippen molar-refractivity contribution in [2.45, 2.75) is 24.9 Å². The van der Waals surface area contributed by atoms with Crippen LogP contribution in [-0.4, -0.2) is 18.6 Å². The molecule has 7 nitrogen and oxygen atoms in total. The average Bonchev–Trinajstić information content (AvgIpc) is 2.83. The van der Waals surface area contributed by atoms with Crippen LogP contribution < -0.4 is 10.5 Å². The summed E-state index contributed by atoms with van der Waals surface area (Å²) in [5, 5.41) is 3.69. The molecule has 0 saturated carbocycles. The molecule has 1 heterocycles. The van der Waals surface area contributed by atoms with E-state index in [0.29, 0.717) is 11.4 Å². The number of aryl methyl sites for hydroxylation is 1. The summed E-state index contributed by atoms with van der Waals surface area (Å²) in [6, 6.07) is 4.60. The molecule has 0 bridgehead atoms. The number of nitrogens with two attached hydrogens (primary N) is 1. The van der Waals surface area contributed by atoms with E-state index < -0.39 is 10.0 Å². The summed E-state index contributed by atoms with van der Waals surface area (Å²) in [7, 11) is -3.78. The topological polar surface area (TPSA) is 111 Å². The molecule has 0 saturated heterocycles. The molecule has 0 atom stereocenters. The van der Waals surface area contributed by atoms with Gasteiger partial charge < -0.3 is 10.3 Å². The molecular formula is C11H13ClN4O3S. The Hall–Kier alpha value is -1.48. The third-order valence-electron chi connectivity index (χ3n) is 2.50. The molecule has 0 radical (unpaired) electrons. The highest BCUT2D eigenvalue weighted by Crippen LogP contribution is 2.22. The maximum Gasteiger partial charge on any atom is 0.242 e. The number of sulfonamides is 1. The summed E-state index contributed by atoms with van der Waals surface area (Å²) in [5.74, 6) is 0.611. The first-order chi connectivity index (χ1) is 9.42. The number of rotatable bonds is 5. The van der Waals surface area contributed by atoms with E-state index in [0.717, 1.165) is 0 Å². The maximum atomic E-state index is 12.2. The van der Waals surface area contributed by atoms with Gasteiger partial charge in [-0.3, -0.25) is 0 Å². The molecule has 1 aromatic carbocycles. The predicted molar refractivity (Wildman–Crippen MR) is 72.4 cm³/mol. The molecule has 0 unspecified atom stereocenters. The number of benzene rings is 1. The Balaban J connectivity index is 2.21. The Kier molecular flexibility index (Phi) is 4.39. The fraction of sp³-hybridized carbons (Fsp3) is 0.273. The van der Waals surface area contributed by atoms with Crippen molar-refractivity contribution in [1.82, 2.24) is 14.9 Å². The number of hydrogen-bond acceptors (Lipinski definition) is 6. The van der Waals surface area contributed by atoms with Gasteiger partial charge in [-0.1, -0.05) is 22.8 Å². The minimum Gasteiger partial charge on any atom is -0.338 e. The Bertz CT molecular complexity index is 714. The molecule has 2 rings (SSSR count). The molecule has 1 aromatic heterocycles. The molecule has 3 N–H and O–H groups in total. The summed E-state index contributed by atoms with van der Waals surface area (Å²) in [5.41, 5.74) is 6.16. The average molecular weight is 317 g/mol. The van der Waals surface area contributed by atoms with Gasteiger partial charge in [-0.25, -0.2) is 13.1 Å². The lowest BCUT2D eigenvalue weighted by Gasteiger charge is -2.08. The zero-order chi connectivity index (χ0) is 14.8. The zero-order valence-corrected chi connectivity index (χ0v) is 12.2. The third kappa shape index (κ3) is 3.34. The molecule has 0 aliphatic carbocycles. The molecule has 0 amide bonds. The van der Waals surface area contributed by atoms with E-state index in [1.807, 2.05) is 0 Å². The molecule has 20 heavy (non-hydrogen) atoms. The molecular weight excluding hydrogens is 304 g/mol. The summed E-state index contributed by atoms with van der Waals surface area (Å²) < 4.78 is 31.5. The van der Waals surface area contributed by atoms with Gasteiger partial charge in [0.15, 0.2) is 5.82 Å². The van der Waals surface area contributed by atoms with Gasteiger partial charge in [0.25, 0.3) is 0 Å². The molecule has 2 aromatic rings. The van der Waals surface area contributed by atoms with Gasteiger partial charge in [0, 0.05) is 6.54 Å². The Labute approximate surface area is 121 Å². The standard InChI is InChI=1S/C11H13ClN4O3S/c1-7-15-11(19-16-7)6-14-20(17,18)10-4-8(5-13)2-3-9(10)12/h2-4,14H,5-6,13H2,1H3. The Morgan fingerprint density at radius 2 is 2.20 bits per heavy atom. The summed E-state index contributed by atoms with van der Waals surface area (Å²) in [6.07, 6.45) is 0. The monoisotopic (exact) mass is 316 g/mol. The van der Waals surface area contributed by atoms with Crippen molar-refractivity contribution in [3.63, 3.8) is 0 Å². The molecule has 0 aliphatic rings. The van der Waals surface area contributed by atoms with Crippen LogP contribution in [0.4, 0.5) is 0 Å². The minimum atomic E-state index is -3.78. The summed E-state index contributed by atoms with van der Waals surface area (Å²) in [6.45, 7) is 1.76. The number of nitrogens with one attached hydrogen (secondary N) is 1. The lowest BCUT2D eigenvalue weighted by Crippen LogP contribution is -2.24. The summed E-state index contributed by atoms with van der Waals surface area (Å²) >= 11 is 5.91. The number of aromatic nitrogens is 2. The first kappa shape index (κ1) is 14.9. The van der Waals surface area contributed by atoms with Crippen LogP contribution in [0.2, 0.25) is 5.02 Å². The van der Waals surface area contributed by atoms with Crippen LogP contribution in [0.5, 0.6) is 0 Å². The highest BCUT2D eigenvalue weighted by Gasteiger charge is 2.19. The van der Waals surface area contributed by atoms with Crippen LogP contribution in [0.15, 0.2) is 27.6 Å². The zero-order valence-electron chi connectivity index (χ0n) is 10.6. The summed E-state index contributed by atoms with van der Waals surface area (Å²) in [4.78, 5) is 3.88. The smallest absolute Gasteiger partial charge is 0.242 e. The van der Waals surface area contributed by atoms with Crippen LogP contribution in [0.25, 0.3) is 0 Å². The number of hydrogen-bond donors (Lipinski definition) is 2. The van der Waals surface area contributed by atoms with Crippen molar-refractivity contribution in [1.29, 1.82) is 0 Å². The highest BCUT2D eigenvalue weighted by molar-refractivity contribution is 7.89. The fourth-order valence-corrected chi connectivity index (χ4v) is 3.05. The molecule has 0 spiro atoms. The lowest BCUT2D eigenvalue weighted by atomic mass is 10.2. The van der Waals surface area contributed by atoms with Gasteiger partial charge in [0.2, 0.25) is 15.9 Å². The maximum absolute atomic E-state index is 12.2. The minimum absolute atomic E-state index is 0.0293. The quantitative estimate of drug-likeness (QED) is 0.850. The molecule has 0 aliphatic heterocycles. The van der Waals surface area contributed by atoms with Crippen molar-refractivity contribution in [3.05, 3.63) is 40.5 Å². The second-order valence-corrected chi connectivity index (χ2v) is 6.17. The van der Waals surface area contributed by atoms with Gasteiger partial charge in [-0.2, -0.15) is 4.98 Å². The first-order valence-electron chi connectivity index (χ1n) is 5.70. The van der Waals surface area contributed by atoms with Crippen LogP contribution >= 0.6 is 11.6 Å². The van der Waals surface area contributed by atoms with Crippen molar-refractivity contribution in [2.24, 2.45) is 5.73 Å². The second-order valence-electron chi connectivity index (χ2n) is 4.03. The number of nitrogens with zero attached hydrogens (tertiary/aromatic N) is 2. The van der Waals surface area contributed by atoms with Crippen molar-refractivity contribution >= 4 is 21.6 Å². The van der Waals surface area contributed by atoms with E-state index in [-0.39, 0.29) is 28.9 Å². The molecule has 9 heteroatoms. The second kappa shape index (κ2) is 5.88. The van der Waals surface area contributed by atoms with E-state index in [4.69, 9.17) is 21.9 Å². The predicted octanol–water partition coefficient (Wildman–Crippen LogP) is 0.969. The highest BCUT2D eigenvalue weighted by atomic mass is 35.5. The van der Waals surface area contributed by atoms with Crippen LogP contribution in [0, 0.1) is 6.92 Å². The van der Waals surface area contributed by atoms with Gasteiger partial charge in [-0.05, 0) is 24.6 Å². The first-order valence-corrected chi connectivity index (χ1v) is 7.56. The Morgan fingerprint density at radius 1 is 1.45 bits per heavy atom.